The molecule has 124 valence electrons. The minimum absolute atomic E-state index is 0.173. The second-order valence-electron chi connectivity index (χ2n) is 5.76. The second kappa shape index (κ2) is 8.31. The normalized spacial score (nSPS) is 14.0. The fourth-order valence-corrected chi connectivity index (χ4v) is 2.46. The molecule has 1 aliphatic rings. The van der Waals surface area contributed by atoms with Gasteiger partial charge in [0.05, 0.1) is 0 Å². The summed E-state index contributed by atoms with van der Waals surface area (Å²) < 4.78 is 0. The van der Waals surface area contributed by atoms with Gasteiger partial charge in [-0.05, 0) is 25.3 Å². The van der Waals surface area contributed by atoms with Gasteiger partial charge in [0.2, 0.25) is 5.91 Å². The van der Waals surface area contributed by atoms with Gasteiger partial charge in [0, 0.05) is 32.6 Å². The topological polar surface area (TPSA) is 78.5 Å². The maximum absolute atomic E-state index is 11.7. The highest BCUT2D eigenvalue weighted by atomic mass is 16.2. The van der Waals surface area contributed by atoms with Crippen LogP contribution in [0.1, 0.15) is 30.4 Å². The molecule has 0 unspecified atom stereocenters. The van der Waals surface area contributed by atoms with Crippen LogP contribution in [0.2, 0.25) is 0 Å². The Morgan fingerprint density at radius 1 is 1.13 bits per heavy atom. The first-order chi connectivity index (χ1) is 11.1. The van der Waals surface area contributed by atoms with E-state index in [0.29, 0.717) is 32.5 Å². The van der Waals surface area contributed by atoms with E-state index in [1.165, 1.54) is 0 Å². The van der Waals surface area contributed by atoms with Crippen molar-refractivity contribution in [1.29, 1.82) is 0 Å². The van der Waals surface area contributed by atoms with Crippen LogP contribution in [0.5, 0.6) is 0 Å². The van der Waals surface area contributed by atoms with E-state index < -0.39 is 11.8 Å². The van der Waals surface area contributed by atoms with E-state index in [1.807, 2.05) is 31.2 Å². The van der Waals surface area contributed by atoms with Crippen LogP contribution in [0.25, 0.3) is 0 Å². The number of hydrogen-bond acceptors (Lipinski definition) is 3. The van der Waals surface area contributed by atoms with Crippen LogP contribution in [0.3, 0.4) is 0 Å². The van der Waals surface area contributed by atoms with E-state index in [2.05, 4.69) is 10.6 Å². The minimum atomic E-state index is -0.636. The summed E-state index contributed by atoms with van der Waals surface area (Å²) in [6, 6.07) is 7.75. The zero-order valence-electron chi connectivity index (χ0n) is 13.4. The molecule has 0 spiro atoms. The van der Waals surface area contributed by atoms with Gasteiger partial charge in [-0.2, -0.15) is 0 Å². The Bertz CT molecular complexity index is 569. The average molecular weight is 317 g/mol. The molecule has 0 bridgehead atoms. The standard InChI is InChI=1S/C17H23N3O3/c1-13-5-7-14(8-6-13)12-19-17(23)16(22)18-9-3-11-20-10-2-4-15(20)21/h5-8H,2-4,9-12H2,1H3,(H,18,22)(H,19,23). The van der Waals surface area contributed by atoms with Gasteiger partial charge in [-0.3, -0.25) is 14.4 Å². The third-order valence-corrected chi connectivity index (χ3v) is 3.84. The smallest absolute Gasteiger partial charge is 0.309 e. The molecule has 6 heteroatoms. The van der Waals surface area contributed by atoms with Gasteiger partial charge in [-0.15, -0.1) is 0 Å². The molecule has 1 aliphatic heterocycles. The molecule has 0 aliphatic carbocycles. The van der Waals surface area contributed by atoms with Gasteiger partial charge >= 0.3 is 11.8 Å². The van der Waals surface area contributed by atoms with Crippen molar-refractivity contribution < 1.29 is 14.4 Å². The first kappa shape index (κ1) is 17.0. The van der Waals surface area contributed by atoms with Crippen molar-refractivity contribution in [3.63, 3.8) is 0 Å². The summed E-state index contributed by atoms with van der Waals surface area (Å²) in [5, 5.41) is 5.17. The predicted molar refractivity (Wildman–Crippen MR) is 86.5 cm³/mol. The van der Waals surface area contributed by atoms with Gasteiger partial charge in [0.25, 0.3) is 0 Å². The van der Waals surface area contributed by atoms with Crippen LogP contribution in [0.4, 0.5) is 0 Å². The maximum atomic E-state index is 11.7. The lowest BCUT2D eigenvalue weighted by molar-refractivity contribution is -0.139. The van der Waals surface area contributed by atoms with Crippen molar-refractivity contribution in [3.8, 4) is 0 Å². The van der Waals surface area contributed by atoms with E-state index in [-0.39, 0.29) is 5.91 Å². The number of amides is 3. The number of hydrogen-bond donors (Lipinski definition) is 2. The molecule has 2 rings (SSSR count). The highest BCUT2D eigenvalue weighted by molar-refractivity contribution is 6.35. The molecule has 6 nitrogen and oxygen atoms in total. The fourth-order valence-electron chi connectivity index (χ4n) is 2.46. The lowest BCUT2D eigenvalue weighted by Crippen LogP contribution is -2.40. The lowest BCUT2D eigenvalue weighted by Gasteiger charge is -2.15. The number of aryl methyl sites for hydroxylation is 1. The average Bonchev–Trinajstić information content (AvgIpc) is 2.95. The van der Waals surface area contributed by atoms with E-state index in [4.69, 9.17) is 0 Å². The van der Waals surface area contributed by atoms with Crippen molar-refractivity contribution >= 4 is 17.7 Å². The summed E-state index contributed by atoms with van der Waals surface area (Å²) in [6.45, 7) is 4.13. The fraction of sp³-hybridized carbons (Fsp3) is 0.471. The van der Waals surface area contributed by atoms with Crippen molar-refractivity contribution in [3.05, 3.63) is 35.4 Å². The molecule has 23 heavy (non-hydrogen) atoms. The van der Waals surface area contributed by atoms with E-state index >= 15 is 0 Å². The second-order valence-corrected chi connectivity index (χ2v) is 5.76. The Morgan fingerprint density at radius 3 is 2.48 bits per heavy atom. The molecule has 0 saturated carbocycles. The maximum Gasteiger partial charge on any atom is 0.309 e. The molecular formula is C17H23N3O3. The Labute approximate surface area is 136 Å². The number of nitrogens with zero attached hydrogens (tertiary/aromatic N) is 1. The zero-order valence-corrected chi connectivity index (χ0v) is 13.4. The van der Waals surface area contributed by atoms with Gasteiger partial charge < -0.3 is 15.5 Å². The predicted octanol–water partition coefficient (Wildman–Crippen LogP) is 0.740. The van der Waals surface area contributed by atoms with Crippen LogP contribution >= 0.6 is 0 Å². The molecule has 0 radical (unpaired) electrons. The number of carbonyl (C=O) groups excluding carboxylic acids is 3. The lowest BCUT2D eigenvalue weighted by atomic mass is 10.1. The number of benzene rings is 1. The van der Waals surface area contributed by atoms with Crippen LogP contribution in [-0.4, -0.2) is 42.3 Å². The van der Waals surface area contributed by atoms with Crippen LogP contribution in [0, 0.1) is 6.92 Å². The van der Waals surface area contributed by atoms with Gasteiger partial charge in [-0.1, -0.05) is 29.8 Å². The number of rotatable bonds is 6. The molecule has 0 aromatic heterocycles. The van der Waals surface area contributed by atoms with Crippen LogP contribution < -0.4 is 10.6 Å². The summed E-state index contributed by atoms with van der Waals surface area (Å²) in [4.78, 5) is 36.6. The molecule has 1 heterocycles. The number of likely N-dealkylation sites (tertiary alicyclic amines) is 1. The summed E-state index contributed by atoms with van der Waals surface area (Å²) in [7, 11) is 0. The number of nitrogens with one attached hydrogen (secondary N) is 2. The molecule has 1 fully saturated rings. The van der Waals surface area contributed by atoms with Gasteiger partial charge in [0.1, 0.15) is 0 Å². The zero-order chi connectivity index (χ0) is 16.7. The summed E-state index contributed by atoms with van der Waals surface area (Å²) >= 11 is 0. The van der Waals surface area contributed by atoms with E-state index in [1.54, 1.807) is 4.90 Å². The molecular weight excluding hydrogens is 294 g/mol. The Hall–Kier alpha value is -2.37. The van der Waals surface area contributed by atoms with E-state index in [9.17, 15) is 14.4 Å². The Kier molecular flexibility index (Phi) is 6.14. The summed E-state index contributed by atoms with van der Waals surface area (Å²) in [5.74, 6) is -1.10. The van der Waals surface area contributed by atoms with E-state index in [0.717, 1.165) is 24.1 Å². The molecule has 2 N–H and O–H groups in total. The highest BCUT2D eigenvalue weighted by Gasteiger charge is 2.19. The molecule has 1 saturated heterocycles. The van der Waals surface area contributed by atoms with Crippen LogP contribution in [-0.2, 0) is 20.9 Å². The van der Waals surface area contributed by atoms with Crippen molar-refractivity contribution in [2.24, 2.45) is 0 Å². The highest BCUT2D eigenvalue weighted by Crippen LogP contribution is 2.09. The van der Waals surface area contributed by atoms with Crippen molar-refractivity contribution in [1.82, 2.24) is 15.5 Å². The summed E-state index contributed by atoms with van der Waals surface area (Å²) in [5.41, 5.74) is 2.10. The Balaban J connectivity index is 1.61. The third-order valence-electron chi connectivity index (χ3n) is 3.84. The Morgan fingerprint density at radius 2 is 1.83 bits per heavy atom. The SMILES string of the molecule is Cc1ccc(CNC(=O)C(=O)NCCCN2CCCC2=O)cc1. The molecule has 0 atom stereocenters. The molecule has 3 amide bonds. The quantitative estimate of drug-likeness (QED) is 0.600. The number of carbonyl (C=O) groups is 3. The monoisotopic (exact) mass is 317 g/mol. The van der Waals surface area contributed by atoms with Gasteiger partial charge in [-0.25, -0.2) is 0 Å². The van der Waals surface area contributed by atoms with Crippen molar-refractivity contribution in [2.75, 3.05) is 19.6 Å². The third kappa shape index (κ3) is 5.39. The molecule has 1 aromatic rings. The first-order valence-corrected chi connectivity index (χ1v) is 7.95. The molecule has 1 aromatic carbocycles. The van der Waals surface area contributed by atoms with Crippen molar-refractivity contribution in [2.45, 2.75) is 32.7 Å². The van der Waals surface area contributed by atoms with Crippen LogP contribution in [0.15, 0.2) is 24.3 Å². The minimum Gasteiger partial charge on any atom is -0.348 e. The van der Waals surface area contributed by atoms with Gasteiger partial charge in [0.15, 0.2) is 0 Å². The first-order valence-electron chi connectivity index (χ1n) is 7.95. The largest absolute Gasteiger partial charge is 0.348 e. The summed E-state index contributed by atoms with van der Waals surface area (Å²) in [6.07, 6.45) is 2.18.